The van der Waals surface area contributed by atoms with Crippen LogP contribution in [0.4, 0.5) is 0 Å². The normalized spacial score (nSPS) is 39.8. The first-order valence-electron chi connectivity index (χ1n) is 7.43. The van der Waals surface area contributed by atoms with Gasteiger partial charge in [-0.25, -0.2) is 0 Å². The van der Waals surface area contributed by atoms with E-state index in [-0.39, 0.29) is 0 Å². The minimum Gasteiger partial charge on any atom is -0.344 e. The third kappa shape index (κ3) is 1.99. The lowest BCUT2D eigenvalue weighted by atomic mass is 9.98. The number of fused-ring (bicyclic) bond motifs is 2. The highest BCUT2D eigenvalue weighted by atomic mass is 15.4. The van der Waals surface area contributed by atoms with E-state index >= 15 is 0 Å². The Labute approximate surface area is 114 Å². The average molecular weight is 258 g/mol. The van der Waals surface area contributed by atoms with Gasteiger partial charge in [0, 0.05) is 18.4 Å². The molecule has 0 amide bonds. The summed E-state index contributed by atoms with van der Waals surface area (Å²) in [7, 11) is 0. The van der Waals surface area contributed by atoms with Crippen molar-refractivity contribution in [1.29, 1.82) is 0 Å². The van der Waals surface area contributed by atoms with Crippen LogP contribution in [0, 0.1) is 11.8 Å². The molecule has 102 valence electrons. The van der Waals surface area contributed by atoms with E-state index in [4.69, 9.17) is 0 Å². The van der Waals surface area contributed by atoms with E-state index in [0.29, 0.717) is 24.2 Å². The SMILES string of the molecule is C1=CC2C=CN(CN3C=CC4CCCNC43)C2NC1. The zero-order valence-corrected chi connectivity index (χ0v) is 11.2. The van der Waals surface area contributed by atoms with Crippen molar-refractivity contribution in [2.45, 2.75) is 25.2 Å². The molecule has 4 heterocycles. The molecular formula is C15H22N4. The van der Waals surface area contributed by atoms with Crippen molar-refractivity contribution in [2.24, 2.45) is 11.8 Å². The fraction of sp³-hybridized carbons (Fsp3) is 0.600. The topological polar surface area (TPSA) is 30.5 Å². The van der Waals surface area contributed by atoms with E-state index in [0.717, 1.165) is 19.8 Å². The largest absolute Gasteiger partial charge is 0.344 e. The van der Waals surface area contributed by atoms with Gasteiger partial charge in [0.2, 0.25) is 0 Å². The maximum absolute atomic E-state index is 3.66. The molecule has 4 heteroatoms. The van der Waals surface area contributed by atoms with E-state index in [9.17, 15) is 0 Å². The third-order valence-corrected chi connectivity index (χ3v) is 4.71. The molecule has 4 aliphatic heterocycles. The van der Waals surface area contributed by atoms with E-state index < -0.39 is 0 Å². The van der Waals surface area contributed by atoms with E-state index in [1.807, 2.05) is 0 Å². The second kappa shape index (κ2) is 4.69. The molecule has 0 bridgehead atoms. The molecule has 4 atom stereocenters. The maximum atomic E-state index is 3.66. The van der Waals surface area contributed by atoms with Gasteiger partial charge in [-0.2, -0.15) is 0 Å². The summed E-state index contributed by atoms with van der Waals surface area (Å²) < 4.78 is 0. The smallest absolute Gasteiger partial charge is 0.0922 e. The molecule has 2 N–H and O–H groups in total. The first-order valence-corrected chi connectivity index (χ1v) is 7.43. The van der Waals surface area contributed by atoms with Crippen LogP contribution in [0.15, 0.2) is 36.7 Å². The standard InChI is InChI=1S/C15H22N4/c1-3-12-5-9-18(14(12)16-7-1)11-19-10-6-13-4-2-8-17-15(13)19/h1,3,5-6,9-10,12-17H,2,4,7-8,11H2. The van der Waals surface area contributed by atoms with E-state index in [1.54, 1.807) is 0 Å². The molecule has 4 unspecified atom stereocenters. The van der Waals surface area contributed by atoms with Gasteiger partial charge in [-0.3, -0.25) is 10.6 Å². The molecule has 4 nitrogen and oxygen atoms in total. The van der Waals surface area contributed by atoms with Crippen molar-refractivity contribution in [3.8, 4) is 0 Å². The summed E-state index contributed by atoms with van der Waals surface area (Å²) in [5.74, 6) is 1.24. The predicted octanol–water partition coefficient (Wildman–Crippen LogP) is 1.03. The summed E-state index contributed by atoms with van der Waals surface area (Å²) in [6.45, 7) is 3.12. The first-order chi connectivity index (χ1) is 9.42. The van der Waals surface area contributed by atoms with Crippen molar-refractivity contribution in [3.05, 3.63) is 36.7 Å². The Morgan fingerprint density at radius 2 is 1.89 bits per heavy atom. The highest BCUT2D eigenvalue weighted by Crippen LogP contribution is 2.29. The molecule has 0 spiro atoms. The molecule has 0 aromatic heterocycles. The Morgan fingerprint density at radius 1 is 1.00 bits per heavy atom. The van der Waals surface area contributed by atoms with Gasteiger partial charge < -0.3 is 9.80 Å². The molecule has 0 radical (unpaired) electrons. The van der Waals surface area contributed by atoms with E-state index in [1.165, 1.54) is 12.8 Å². The van der Waals surface area contributed by atoms with Crippen LogP contribution < -0.4 is 10.6 Å². The molecule has 0 saturated carbocycles. The Kier molecular flexibility index (Phi) is 2.85. The predicted molar refractivity (Wildman–Crippen MR) is 75.8 cm³/mol. The van der Waals surface area contributed by atoms with Crippen molar-refractivity contribution in [3.63, 3.8) is 0 Å². The van der Waals surface area contributed by atoms with Crippen molar-refractivity contribution < 1.29 is 0 Å². The summed E-state index contributed by atoms with van der Waals surface area (Å²) in [6, 6.07) is 0. The Hall–Kier alpha value is -1.26. The molecule has 1 fully saturated rings. The number of hydrogen-bond acceptors (Lipinski definition) is 4. The van der Waals surface area contributed by atoms with Crippen molar-refractivity contribution >= 4 is 0 Å². The highest BCUT2D eigenvalue weighted by Gasteiger charge is 2.35. The van der Waals surface area contributed by atoms with Crippen molar-refractivity contribution in [2.75, 3.05) is 19.8 Å². The molecular weight excluding hydrogens is 236 g/mol. The lowest BCUT2D eigenvalue weighted by Gasteiger charge is -2.39. The minimum atomic E-state index is 0.445. The Morgan fingerprint density at radius 3 is 2.89 bits per heavy atom. The lowest BCUT2D eigenvalue weighted by Crippen LogP contribution is -2.54. The number of nitrogens with zero attached hydrogens (tertiary/aromatic N) is 2. The van der Waals surface area contributed by atoms with Crippen LogP contribution in [-0.2, 0) is 0 Å². The molecule has 4 rings (SSSR count). The van der Waals surface area contributed by atoms with Crippen LogP contribution in [0.2, 0.25) is 0 Å². The number of hydrogen-bond donors (Lipinski definition) is 2. The highest BCUT2D eigenvalue weighted by molar-refractivity contribution is 5.16. The van der Waals surface area contributed by atoms with Crippen LogP contribution >= 0.6 is 0 Å². The molecule has 0 aromatic rings. The van der Waals surface area contributed by atoms with Gasteiger partial charge >= 0.3 is 0 Å². The van der Waals surface area contributed by atoms with Gasteiger partial charge in [0.15, 0.2) is 0 Å². The van der Waals surface area contributed by atoms with Gasteiger partial charge in [0.25, 0.3) is 0 Å². The van der Waals surface area contributed by atoms with Gasteiger partial charge in [-0.05, 0) is 31.8 Å². The lowest BCUT2D eigenvalue weighted by molar-refractivity contribution is 0.0957. The Balaban J connectivity index is 1.43. The Bertz CT molecular complexity index is 428. The summed E-state index contributed by atoms with van der Waals surface area (Å²) in [5.41, 5.74) is 0. The monoisotopic (exact) mass is 258 g/mol. The van der Waals surface area contributed by atoms with Crippen LogP contribution in [0.5, 0.6) is 0 Å². The van der Waals surface area contributed by atoms with Gasteiger partial charge in [0.1, 0.15) is 0 Å². The fourth-order valence-corrected chi connectivity index (χ4v) is 3.70. The second-order valence-corrected chi connectivity index (χ2v) is 5.92. The fourth-order valence-electron chi connectivity index (χ4n) is 3.70. The third-order valence-electron chi connectivity index (χ3n) is 4.71. The van der Waals surface area contributed by atoms with Crippen LogP contribution in [0.1, 0.15) is 12.8 Å². The van der Waals surface area contributed by atoms with Gasteiger partial charge in [-0.15, -0.1) is 0 Å². The summed E-state index contributed by atoms with van der Waals surface area (Å²) in [5, 5.41) is 7.24. The van der Waals surface area contributed by atoms with Crippen molar-refractivity contribution in [1.82, 2.24) is 20.4 Å². The summed E-state index contributed by atoms with van der Waals surface area (Å²) >= 11 is 0. The zero-order chi connectivity index (χ0) is 12.7. The second-order valence-electron chi connectivity index (χ2n) is 5.92. The zero-order valence-electron chi connectivity index (χ0n) is 11.2. The summed E-state index contributed by atoms with van der Waals surface area (Å²) in [6.07, 6.45) is 17.4. The molecule has 1 saturated heterocycles. The first kappa shape index (κ1) is 11.6. The average Bonchev–Trinajstić information content (AvgIpc) is 3.05. The summed E-state index contributed by atoms with van der Waals surface area (Å²) in [4.78, 5) is 4.88. The van der Waals surface area contributed by atoms with Crippen LogP contribution in [-0.4, -0.2) is 41.9 Å². The number of nitrogens with one attached hydrogen (secondary N) is 2. The molecule has 19 heavy (non-hydrogen) atoms. The minimum absolute atomic E-state index is 0.445. The van der Waals surface area contributed by atoms with Crippen LogP contribution in [0.25, 0.3) is 0 Å². The quantitative estimate of drug-likeness (QED) is 0.724. The van der Waals surface area contributed by atoms with Crippen LogP contribution in [0.3, 0.4) is 0 Å². The molecule has 0 aromatic carbocycles. The van der Waals surface area contributed by atoms with E-state index in [2.05, 4.69) is 57.1 Å². The molecule has 0 aliphatic carbocycles. The number of piperidine rings is 1. The maximum Gasteiger partial charge on any atom is 0.0922 e. The number of rotatable bonds is 2. The van der Waals surface area contributed by atoms with Gasteiger partial charge in [0.05, 0.1) is 19.0 Å². The van der Waals surface area contributed by atoms with Gasteiger partial charge in [-0.1, -0.05) is 24.3 Å². The molecule has 4 aliphatic rings.